The van der Waals surface area contributed by atoms with E-state index in [0.29, 0.717) is 5.56 Å². The van der Waals surface area contributed by atoms with Crippen LogP contribution in [0, 0.1) is 11.6 Å². The van der Waals surface area contributed by atoms with Crippen molar-refractivity contribution in [2.75, 3.05) is 0 Å². The van der Waals surface area contributed by atoms with Crippen molar-refractivity contribution in [1.29, 1.82) is 0 Å². The second-order valence-corrected chi connectivity index (χ2v) is 8.98. The van der Waals surface area contributed by atoms with Gasteiger partial charge in [-0.1, -0.05) is 30.5 Å². The van der Waals surface area contributed by atoms with Crippen molar-refractivity contribution in [3.8, 4) is 17.3 Å². The number of nitrogens with zero attached hydrogens (tertiary/aromatic N) is 5. The van der Waals surface area contributed by atoms with Gasteiger partial charge in [-0.25, -0.2) is 13.5 Å². The molecule has 0 aliphatic heterocycles. The van der Waals surface area contributed by atoms with Gasteiger partial charge in [-0.15, -0.1) is 13.2 Å². The fourth-order valence-electron chi connectivity index (χ4n) is 4.27. The number of pyridine rings is 1. The maximum atomic E-state index is 13.2. The third-order valence-corrected chi connectivity index (χ3v) is 6.06. The average Bonchev–Trinajstić information content (AvgIpc) is 3.42. The van der Waals surface area contributed by atoms with Gasteiger partial charge in [-0.3, -0.25) is 9.78 Å². The molecule has 1 saturated carbocycles. The highest BCUT2D eigenvalue weighted by Crippen LogP contribution is 2.32. The third kappa shape index (κ3) is 8.11. The first-order valence-corrected chi connectivity index (χ1v) is 12.3. The first kappa shape index (κ1) is 29.7. The zero-order valence-corrected chi connectivity index (χ0v) is 21.1. The van der Waals surface area contributed by atoms with Crippen LogP contribution >= 0.6 is 0 Å². The van der Waals surface area contributed by atoms with Crippen molar-refractivity contribution >= 4 is 0 Å². The second kappa shape index (κ2) is 12.9. The molecule has 1 aromatic carbocycles. The molecule has 0 bridgehead atoms. The van der Waals surface area contributed by atoms with Crippen molar-refractivity contribution in [3.63, 3.8) is 0 Å². The molecule has 15 heteroatoms. The van der Waals surface area contributed by atoms with Crippen LogP contribution in [0.15, 0.2) is 58.0 Å². The Kier molecular flexibility index (Phi) is 9.35. The van der Waals surface area contributed by atoms with E-state index < -0.39 is 48.2 Å². The quantitative estimate of drug-likeness (QED) is 0.236. The molecule has 0 saturated heterocycles. The molecule has 5 rings (SSSR count). The monoisotopic (exact) mass is 585 g/mol. The van der Waals surface area contributed by atoms with Gasteiger partial charge in [0.15, 0.2) is 5.75 Å². The average molecular weight is 585 g/mol. The molecule has 3 aromatic heterocycles. The highest BCUT2D eigenvalue weighted by molar-refractivity contribution is 5.49. The van der Waals surface area contributed by atoms with E-state index in [9.17, 15) is 35.5 Å². The predicted molar refractivity (Wildman–Crippen MR) is 129 cm³/mol. The molecular weight excluding hydrogens is 563 g/mol. The molecule has 1 aliphatic carbocycles. The molecule has 0 atom stereocenters. The topological polar surface area (TPSA) is 95.9 Å². The van der Waals surface area contributed by atoms with E-state index in [-0.39, 0.29) is 23.1 Å². The number of hydrogen-bond acceptors (Lipinski definition) is 7. The summed E-state index contributed by atoms with van der Waals surface area (Å²) in [5.41, 5.74) is -0.359. The van der Waals surface area contributed by atoms with Crippen molar-refractivity contribution in [2.45, 2.75) is 57.4 Å². The summed E-state index contributed by atoms with van der Waals surface area (Å²) >= 11 is 0. The van der Waals surface area contributed by atoms with Crippen LogP contribution in [0.4, 0.5) is 30.7 Å². The Bertz CT molecular complexity index is 1500. The lowest BCUT2D eigenvalue weighted by molar-refractivity contribution is -0.275. The number of alkyl halides is 5. The molecule has 0 amide bonds. The Balaban J connectivity index is 0.000000417. The Morgan fingerprint density at radius 3 is 2.32 bits per heavy atom. The summed E-state index contributed by atoms with van der Waals surface area (Å²) in [5, 5.41) is 7.61. The van der Waals surface area contributed by atoms with E-state index in [4.69, 9.17) is 0 Å². The highest BCUT2D eigenvalue weighted by atomic mass is 19.4. The zero-order chi connectivity index (χ0) is 29.6. The number of halogens is 7. The molecule has 0 spiro atoms. The lowest BCUT2D eigenvalue weighted by Crippen LogP contribution is -2.30. The largest absolute Gasteiger partial charge is 0.573 e. The fraction of sp³-hybridized carbons (Fsp3) is 0.346. The summed E-state index contributed by atoms with van der Waals surface area (Å²) in [6.45, 7) is -0.446. The normalized spacial score (nSPS) is 14.0. The van der Waals surface area contributed by atoms with Crippen molar-refractivity contribution < 1.29 is 40.0 Å². The zero-order valence-electron chi connectivity index (χ0n) is 21.1. The first-order chi connectivity index (χ1) is 19.5. The first-order valence-electron chi connectivity index (χ1n) is 12.3. The van der Waals surface area contributed by atoms with Crippen LogP contribution in [-0.4, -0.2) is 31.3 Å². The molecule has 1 fully saturated rings. The second-order valence-electron chi connectivity index (χ2n) is 8.98. The van der Waals surface area contributed by atoms with Crippen molar-refractivity contribution in [1.82, 2.24) is 24.9 Å². The van der Waals surface area contributed by atoms with Crippen LogP contribution in [0.1, 0.15) is 61.6 Å². The summed E-state index contributed by atoms with van der Waals surface area (Å²) in [7, 11) is 0. The van der Waals surface area contributed by atoms with Crippen LogP contribution in [-0.2, 0) is 6.54 Å². The summed E-state index contributed by atoms with van der Waals surface area (Å²) in [4.78, 5) is 20.7. The van der Waals surface area contributed by atoms with Crippen LogP contribution < -0.4 is 10.3 Å². The third-order valence-electron chi connectivity index (χ3n) is 6.06. The molecule has 41 heavy (non-hydrogen) atoms. The van der Waals surface area contributed by atoms with E-state index in [1.54, 1.807) is 0 Å². The minimum absolute atomic E-state index is 0.0138. The summed E-state index contributed by atoms with van der Waals surface area (Å²) in [6, 6.07) is 8.31. The van der Waals surface area contributed by atoms with Crippen LogP contribution in [0.2, 0.25) is 0 Å². The summed E-state index contributed by atoms with van der Waals surface area (Å²) in [6.07, 6.45) is -2.39. The van der Waals surface area contributed by atoms with E-state index >= 15 is 0 Å². The molecule has 0 unspecified atom stereocenters. The molecule has 218 valence electrons. The summed E-state index contributed by atoms with van der Waals surface area (Å²) < 4.78 is 97.4. The van der Waals surface area contributed by atoms with Crippen molar-refractivity contribution in [3.05, 3.63) is 87.8 Å². The van der Waals surface area contributed by atoms with E-state index in [1.165, 1.54) is 36.5 Å². The van der Waals surface area contributed by atoms with Gasteiger partial charge in [0, 0.05) is 17.8 Å². The Morgan fingerprint density at radius 1 is 1.02 bits per heavy atom. The van der Waals surface area contributed by atoms with Gasteiger partial charge in [-0.05, 0) is 49.1 Å². The molecule has 1 aliphatic rings. The molecule has 3 heterocycles. The van der Waals surface area contributed by atoms with Gasteiger partial charge >= 0.3 is 12.8 Å². The lowest BCUT2D eigenvalue weighted by Gasteiger charge is -2.22. The molecular formula is C26H22F7N5O3. The minimum atomic E-state index is -4.96. The SMILES string of the molecule is Fc1cccc(F)c1.O=c1c(C2CCCCC2)cc(-c2noc(C(F)F)n2)nn1Cc1ncccc1OC(F)(F)F. The highest BCUT2D eigenvalue weighted by Gasteiger charge is 2.32. The maximum absolute atomic E-state index is 13.2. The van der Waals surface area contributed by atoms with Gasteiger partial charge in [0.05, 0.1) is 6.54 Å². The van der Waals surface area contributed by atoms with Crippen LogP contribution in [0.25, 0.3) is 11.5 Å². The van der Waals surface area contributed by atoms with Crippen LogP contribution in [0.3, 0.4) is 0 Å². The number of hydrogen-bond donors (Lipinski definition) is 0. The van der Waals surface area contributed by atoms with Gasteiger partial charge < -0.3 is 9.26 Å². The standard InChI is InChI=1S/C20H18F5N5O3.C6H4F2/c21-16(22)18-27-17(29-33-18)13-9-12(11-5-2-1-3-6-11)19(31)30(28-13)10-14-15(7-4-8-26-14)32-20(23,24)25;7-5-2-1-3-6(8)4-5/h4,7-9,11,16H,1-3,5-6,10H2;1-4H. The Hall–Kier alpha value is -4.30. The van der Waals surface area contributed by atoms with Gasteiger partial charge in [0.25, 0.3) is 11.4 Å². The molecule has 0 N–H and O–H groups in total. The molecule has 8 nitrogen and oxygen atoms in total. The van der Waals surface area contributed by atoms with Gasteiger partial charge in [-0.2, -0.15) is 18.9 Å². The predicted octanol–water partition coefficient (Wildman–Crippen LogP) is 6.59. The smallest absolute Gasteiger partial charge is 0.404 e. The number of rotatable bonds is 6. The minimum Gasteiger partial charge on any atom is -0.404 e. The number of ether oxygens (including phenoxy) is 1. The Labute approximate surface area is 227 Å². The molecule has 0 radical (unpaired) electrons. The van der Waals surface area contributed by atoms with E-state index in [1.807, 2.05) is 0 Å². The van der Waals surface area contributed by atoms with E-state index in [0.717, 1.165) is 48.9 Å². The van der Waals surface area contributed by atoms with Gasteiger partial charge in [0.1, 0.15) is 23.0 Å². The maximum Gasteiger partial charge on any atom is 0.573 e. The number of aromatic nitrogens is 5. The molecule has 4 aromatic rings. The Morgan fingerprint density at radius 2 is 1.73 bits per heavy atom. The summed E-state index contributed by atoms with van der Waals surface area (Å²) in [5.74, 6) is -2.94. The fourth-order valence-corrected chi connectivity index (χ4v) is 4.27. The number of benzene rings is 1. The van der Waals surface area contributed by atoms with Gasteiger partial charge in [0.2, 0.25) is 5.82 Å². The van der Waals surface area contributed by atoms with E-state index in [2.05, 4.69) is 29.5 Å². The van der Waals surface area contributed by atoms with Crippen molar-refractivity contribution in [2.24, 2.45) is 0 Å². The lowest BCUT2D eigenvalue weighted by atomic mass is 9.84. The van der Waals surface area contributed by atoms with Crippen LogP contribution in [0.5, 0.6) is 5.75 Å².